The van der Waals surface area contributed by atoms with Gasteiger partial charge in [-0.1, -0.05) is 35.9 Å². The third-order valence-corrected chi connectivity index (χ3v) is 6.48. The number of carbonyl (C=O) groups is 3. The number of ketones is 1. The highest BCUT2D eigenvalue weighted by Gasteiger charge is 2.49. The first kappa shape index (κ1) is 27.5. The fourth-order valence-corrected chi connectivity index (χ4v) is 4.47. The first-order valence-electron chi connectivity index (χ1n) is 11.1. The molecule has 1 aliphatic rings. The average molecular weight is 521 g/mol. The summed E-state index contributed by atoms with van der Waals surface area (Å²) in [6.45, 7) is 4.81. The molecule has 0 aliphatic carbocycles. The Hall–Kier alpha value is -3.12. The van der Waals surface area contributed by atoms with Crippen LogP contribution in [0.25, 0.3) is 0 Å². The van der Waals surface area contributed by atoms with E-state index in [1.807, 2.05) is 6.92 Å². The van der Waals surface area contributed by atoms with Crippen LogP contribution in [0.5, 0.6) is 0 Å². The lowest BCUT2D eigenvalue weighted by Gasteiger charge is -2.25. The summed E-state index contributed by atoms with van der Waals surface area (Å²) in [6.07, 6.45) is -3.86. The second kappa shape index (κ2) is 11.3. The van der Waals surface area contributed by atoms with Crippen LogP contribution in [-0.2, 0) is 42.8 Å². The molecule has 0 saturated carbocycles. The molecule has 1 saturated heterocycles. The normalized spacial score (nSPS) is 19.9. The first-order valence-corrected chi connectivity index (χ1v) is 12.5. The lowest BCUT2D eigenvalue weighted by Crippen LogP contribution is -2.46. The molecular formula is C25H28O10S. The molecule has 0 N–H and O–H groups in total. The van der Waals surface area contributed by atoms with Gasteiger partial charge in [-0.05, 0) is 45.0 Å². The van der Waals surface area contributed by atoms with Crippen molar-refractivity contribution >= 4 is 27.8 Å². The molecule has 0 bridgehead atoms. The summed E-state index contributed by atoms with van der Waals surface area (Å²) >= 11 is 0. The number of esters is 2. The Labute approximate surface area is 209 Å². The molecule has 0 amide bonds. The van der Waals surface area contributed by atoms with Crippen molar-refractivity contribution in [2.75, 3.05) is 13.2 Å². The standard InChI is InChI=1S/C25H28O10S/c1-16-10-12-19(13-11-16)36(29,30)32-15-21-23(35-25(3,4)34-21)22(33-17(2)26)20(27)14-31-24(28)18-8-6-5-7-9-18/h5-13,21-23H,14-15H2,1-4H3. The number of ether oxygens (including phenoxy) is 4. The predicted octanol–water partition coefficient (Wildman–Crippen LogP) is 2.58. The number of hydrogen-bond acceptors (Lipinski definition) is 10. The molecule has 3 atom stereocenters. The van der Waals surface area contributed by atoms with Crippen LogP contribution >= 0.6 is 0 Å². The van der Waals surface area contributed by atoms with Crippen LogP contribution < -0.4 is 0 Å². The first-order chi connectivity index (χ1) is 16.9. The van der Waals surface area contributed by atoms with Crippen molar-refractivity contribution in [2.45, 2.75) is 56.7 Å². The average Bonchev–Trinajstić information content (AvgIpc) is 3.14. The zero-order valence-electron chi connectivity index (χ0n) is 20.3. The summed E-state index contributed by atoms with van der Waals surface area (Å²) in [5.74, 6) is -3.54. The maximum atomic E-state index is 13.0. The van der Waals surface area contributed by atoms with Crippen LogP contribution in [0.15, 0.2) is 59.5 Å². The molecule has 0 spiro atoms. The van der Waals surface area contributed by atoms with E-state index in [4.69, 9.17) is 23.1 Å². The summed E-state index contributed by atoms with van der Waals surface area (Å²) in [5, 5.41) is 0. The Morgan fingerprint density at radius 1 is 1.00 bits per heavy atom. The molecule has 10 nitrogen and oxygen atoms in total. The van der Waals surface area contributed by atoms with E-state index in [0.29, 0.717) is 0 Å². The molecule has 1 heterocycles. The minimum atomic E-state index is -4.14. The zero-order valence-corrected chi connectivity index (χ0v) is 21.1. The highest BCUT2D eigenvalue weighted by Crippen LogP contribution is 2.32. The predicted molar refractivity (Wildman–Crippen MR) is 125 cm³/mol. The molecule has 36 heavy (non-hydrogen) atoms. The highest BCUT2D eigenvalue weighted by atomic mass is 32.2. The fourth-order valence-electron chi connectivity index (χ4n) is 3.55. The van der Waals surface area contributed by atoms with E-state index < -0.39 is 65.2 Å². The van der Waals surface area contributed by atoms with E-state index in [9.17, 15) is 22.8 Å². The second-order valence-electron chi connectivity index (χ2n) is 8.63. The van der Waals surface area contributed by atoms with Gasteiger partial charge in [-0.2, -0.15) is 8.42 Å². The minimum Gasteiger partial charge on any atom is -0.454 e. The van der Waals surface area contributed by atoms with Gasteiger partial charge in [0.2, 0.25) is 5.78 Å². The molecule has 194 valence electrons. The summed E-state index contributed by atoms with van der Waals surface area (Å²) in [7, 11) is -4.14. The molecular weight excluding hydrogens is 492 g/mol. The monoisotopic (exact) mass is 520 g/mol. The molecule has 1 aliphatic heterocycles. The topological polar surface area (TPSA) is 132 Å². The molecule has 0 radical (unpaired) electrons. The lowest BCUT2D eigenvalue weighted by atomic mass is 10.0. The van der Waals surface area contributed by atoms with E-state index in [1.54, 1.807) is 44.2 Å². The van der Waals surface area contributed by atoms with E-state index in [0.717, 1.165) is 12.5 Å². The largest absolute Gasteiger partial charge is 0.454 e. The highest BCUT2D eigenvalue weighted by molar-refractivity contribution is 7.86. The van der Waals surface area contributed by atoms with Crippen molar-refractivity contribution in [2.24, 2.45) is 0 Å². The Morgan fingerprint density at radius 2 is 1.64 bits per heavy atom. The van der Waals surface area contributed by atoms with Gasteiger partial charge in [0, 0.05) is 6.92 Å². The smallest absolute Gasteiger partial charge is 0.338 e. The van der Waals surface area contributed by atoms with Gasteiger partial charge in [-0.25, -0.2) is 4.79 Å². The van der Waals surface area contributed by atoms with Crippen LogP contribution in [0.2, 0.25) is 0 Å². The zero-order chi connectivity index (χ0) is 26.5. The fraction of sp³-hybridized carbons (Fsp3) is 0.400. The van der Waals surface area contributed by atoms with E-state index in [-0.39, 0.29) is 10.5 Å². The van der Waals surface area contributed by atoms with Gasteiger partial charge in [0.1, 0.15) is 12.2 Å². The van der Waals surface area contributed by atoms with Crippen molar-refractivity contribution in [1.29, 1.82) is 0 Å². The summed E-state index contributed by atoms with van der Waals surface area (Å²) in [6, 6.07) is 14.1. The van der Waals surface area contributed by atoms with Crippen LogP contribution in [0.1, 0.15) is 36.7 Å². The maximum Gasteiger partial charge on any atom is 0.338 e. The van der Waals surface area contributed by atoms with Crippen molar-refractivity contribution in [1.82, 2.24) is 0 Å². The van der Waals surface area contributed by atoms with Gasteiger partial charge >= 0.3 is 11.9 Å². The van der Waals surface area contributed by atoms with Crippen molar-refractivity contribution in [3.8, 4) is 0 Å². The number of benzene rings is 2. The molecule has 2 aromatic carbocycles. The Kier molecular flexibility index (Phi) is 8.62. The van der Waals surface area contributed by atoms with Crippen molar-refractivity contribution in [3.63, 3.8) is 0 Å². The van der Waals surface area contributed by atoms with Gasteiger partial charge in [0.25, 0.3) is 10.1 Å². The molecule has 3 unspecified atom stereocenters. The lowest BCUT2D eigenvalue weighted by molar-refractivity contribution is -0.175. The van der Waals surface area contributed by atoms with Crippen LogP contribution in [0.4, 0.5) is 0 Å². The van der Waals surface area contributed by atoms with Crippen LogP contribution in [0.3, 0.4) is 0 Å². The van der Waals surface area contributed by atoms with Gasteiger partial charge in [-0.15, -0.1) is 0 Å². The number of aryl methyl sites for hydroxylation is 1. The van der Waals surface area contributed by atoms with Gasteiger partial charge in [0.05, 0.1) is 17.1 Å². The Bertz CT molecular complexity index is 1190. The third-order valence-electron chi connectivity index (χ3n) is 5.18. The second-order valence-corrected chi connectivity index (χ2v) is 10.2. The molecule has 11 heteroatoms. The number of Topliss-reactive ketones (excluding diaryl/α,β-unsaturated/α-hetero) is 1. The minimum absolute atomic E-state index is 0.0525. The number of rotatable bonds is 10. The quantitative estimate of drug-likeness (QED) is 0.340. The molecule has 1 fully saturated rings. The van der Waals surface area contributed by atoms with Crippen molar-refractivity contribution < 1.29 is 45.9 Å². The van der Waals surface area contributed by atoms with E-state index in [2.05, 4.69) is 0 Å². The summed E-state index contributed by atoms with van der Waals surface area (Å²) in [5.41, 5.74) is 1.11. The molecule has 2 aromatic rings. The third kappa shape index (κ3) is 7.20. The summed E-state index contributed by atoms with van der Waals surface area (Å²) < 4.78 is 52.3. The van der Waals surface area contributed by atoms with Gasteiger partial charge in [-0.3, -0.25) is 13.8 Å². The van der Waals surface area contributed by atoms with E-state index in [1.165, 1.54) is 24.3 Å². The molecule has 0 aromatic heterocycles. The van der Waals surface area contributed by atoms with Crippen molar-refractivity contribution in [3.05, 3.63) is 65.7 Å². The SMILES string of the molecule is CC(=O)OC(C(=O)COC(=O)c1ccccc1)C1OC(C)(C)OC1COS(=O)(=O)c1ccc(C)cc1. The maximum absolute atomic E-state index is 13.0. The van der Waals surface area contributed by atoms with Crippen LogP contribution in [0, 0.1) is 6.92 Å². The van der Waals surface area contributed by atoms with Gasteiger partial charge in [0.15, 0.2) is 18.5 Å². The Balaban J connectivity index is 1.74. The molecule has 3 rings (SSSR count). The van der Waals surface area contributed by atoms with Crippen LogP contribution in [-0.4, -0.2) is 63.5 Å². The summed E-state index contributed by atoms with van der Waals surface area (Å²) in [4.78, 5) is 36.9. The van der Waals surface area contributed by atoms with E-state index >= 15 is 0 Å². The Morgan fingerprint density at radius 3 is 2.25 bits per heavy atom. The number of carbonyl (C=O) groups excluding carboxylic acids is 3. The van der Waals surface area contributed by atoms with Gasteiger partial charge < -0.3 is 18.9 Å². The number of hydrogen-bond donors (Lipinski definition) is 0.